The Morgan fingerprint density at radius 2 is 1.90 bits per heavy atom. The Morgan fingerprint density at radius 1 is 1.40 bits per heavy atom. The first kappa shape index (κ1) is 7.44. The number of rotatable bonds is 0. The fraction of sp³-hybridized carbons (Fsp3) is 0.500. The van der Waals surface area contributed by atoms with E-state index in [9.17, 15) is 4.79 Å². The first-order valence-electron chi connectivity index (χ1n) is 2.30. The van der Waals surface area contributed by atoms with Crippen LogP contribution in [-0.4, -0.2) is 39.2 Å². The van der Waals surface area contributed by atoms with Gasteiger partial charge in [0.25, 0.3) is 0 Å². The van der Waals surface area contributed by atoms with Crippen LogP contribution >= 0.6 is 0 Å². The van der Waals surface area contributed by atoms with Gasteiger partial charge in [-0.2, -0.15) is 0 Å². The van der Waals surface area contributed by atoms with E-state index in [0.29, 0.717) is 0 Å². The van der Waals surface area contributed by atoms with Crippen LogP contribution in [0.25, 0.3) is 0 Å². The van der Waals surface area contributed by atoms with E-state index in [4.69, 9.17) is 20.3 Å². The molecule has 1 aliphatic rings. The summed E-state index contributed by atoms with van der Waals surface area (Å²) in [5.41, 5.74) is 0. The van der Waals surface area contributed by atoms with Crippen molar-refractivity contribution in [3.8, 4) is 0 Å². The van der Waals surface area contributed by atoms with Gasteiger partial charge in [0, 0.05) is 0 Å². The predicted molar refractivity (Wildman–Crippen MR) is 24.5 cm³/mol. The molecule has 0 atom stereocenters. The minimum Gasteiger partial charge on any atom is -0.613 e. The Bertz CT molecular complexity index is 172. The topological polar surface area (TPSA) is 116 Å². The van der Waals surface area contributed by atoms with Crippen molar-refractivity contribution in [3.63, 3.8) is 0 Å². The van der Waals surface area contributed by atoms with E-state index in [0.717, 1.165) is 0 Å². The van der Waals surface area contributed by atoms with Crippen molar-refractivity contribution in [2.24, 2.45) is 0 Å². The molecule has 1 saturated heterocycles. The van der Waals surface area contributed by atoms with Crippen molar-refractivity contribution in [1.82, 2.24) is 0 Å². The standard InChI is InChI=1S/C2H4BO7/c4-1-2(5,6)10-3(7,8)9-1/h5-8H/q-1. The number of hydrogen-bond acceptors (Lipinski definition) is 7. The first-order chi connectivity index (χ1) is 4.33. The van der Waals surface area contributed by atoms with E-state index in [-0.39, 0.29) is 0 Å². The van der Waals surface area contributed by atoms with Gasteiger partial charge < -0.3 is 29.6 Å². The summed E-state index contributed by atoms with van der Waals surface area (Å²) < 4.78 is 7.14. The molecule has 7 nitrogen and oxygen atoms in total. The Balaban J connectivity index is 2.81. The third-order valence-corrected chi connectivity index (χ3v) is 0.844. The van der Waals surface area contributed by atoms with Gasteiger partial charge in [-0.1, -0.05) is 0 Å². The second kappa shape index (κ2) is 1.68. The van der Waals surface area contributed by atoms with Crippen molar-refractivity contribution in [1.29, 1.82) is 0 Å². The minimum absolute atomic E-state index is 1.66. The molecule has 1 rings (SSSR count). The quantitative estimate of drug-likeness (QED) is 0.210. The molecule has 0 bridgehead atoms. The molecule has 0 spiro atoms. The van der Waals surface area contributed by atoms with Gasteiger partial charge in [-0.25, -0.2) is 4.79 Å². The van der Waals surface area contributed by atoms with Crippen molar-refractivity contribution in [2.75, 3.05) is 0 Å². The predicted octanol–water partition coefficient (Wildman–Crippen LogP) is -3.38. The van der Waals surface area contributed by atoms with Crippen LogP contribution in [0.2, 0.25) is 0 Å². The van der Waals surface area contributed by atoms with Crippen LogP contribution in [0.5, 0.6) is 0 Å². The summed E-state index contributed by atoms with van der Waals surface area (Å²) in [5, 5.41) is 33.4. The van der Waals surface area contributed by atoms with Crippen LogP contribution < -0.4 is 0 Å². The highest BCUT2D eigenvalue weighted by Crippen LogP contribution is 2.20. The molecule has 4 N–H and O–H groups in total. The van der Waals surface area contributed by atoms with E-state index < -0.39 is 18.9 Å². The number of hydrogen-bond donors (Lipinski definition) is 4. The largest absolute Gasteiger partial charge is 0.613 e. The SMILES string of the molecule is O=C1O[B-](O)(O)OC1(O)O. The molecule has 0 aromatic carbocycles. The Hall–Kier alpha value is -0.665. The fourth-order valence-electron chi connectivity index (χ4n) is 0.502. The van der Waals surface area contributed by atoms with Crippen molar-refractivity contribution >= 4 is 12.9 Å². The van der Waals surface area contributed by atoms with Crippen LogP contribution in [0.3, 0.4) is 0 Å². The lowest BCUT2D eigenvalue weighted by atomic mass is 10.1. The molecule has 1 aliphatic heterocycles. The van der Waals surface area contributed by atoms with E-state index in [1.807, 2.05) is 0 Å². The molecule has 10 heavy (non-hydrogen) atoms. The number of carbonyl (C=O) groups is 1. The van der Waals surface area contributed by atoms with Crippen LogP contribution in [0.4, 0.5) is 0 Å². The molecular formula is C2H4BO7-. The molecule has 0 radical (unpaired) electrons. The molecular weight excluding hydrogens is 147 g/mol. The van der Waals surface area contributed by atoms with Gasteiger partial charge in [0.2, 0.25) is 0 Å². The Kier molecular flexibility index (Phi) is 1.25. The van der Waals surface area contributed by atoms with E-state index in [1.165, 1.54) is 0 Å². The smallest absolute Gasteiger partial charge is 0.592 e. The lowest BCUT2D eigenvalue weighted by molar-refractivity contribution is -0.274. The van der Waals surface area contributed by atoms with Gasteiger partial charge in [-0.15, -0.1) is 0 Å². The van der Waals surface area contributed by atoms with Gasteiger partial charge in [0.15, 0.2) is 0 Å². The molecule has 1 heterocycles. The molecule has 1 fully saturated rings. The van der Waals surface area contributed by atoms with Crippen LogP contribution in [0.1, 0.15) is 0 Å². The highest BCUT2D eigenvalue weighted by atomic mass is 16.9. The molecule has 8 heteroatoms. The molecule has 0 aromatic heterocycles. The van der Waals surface area contributed by atoms with Gasteiger partial charge >= 0.3 is 18.9 Å². The third-order valence-electron chi connectivity index (χ3n) is 0.844. The summed E-state index contributed by atoms with van der Waals surface area (Å²) in [7, 11) is 0. The lowest BCUT2D eigenvalue weighted by Crippen LogP contribution is -2.41. The van der Waals surface area contributed by atoms with Crippen LogP contribution in [0.15, 0.2) is 0 Å². The zero-order valence-corrected chi connectivity index (χ0v) is 4.59. The van der Waals surface area contributed by atoms with Gasteiger partial charge in [0.1, 0.15) is 0 Å². The van der Waals surface area contributed by atoms with Crippen molar-refractivity contribution in [3.05, 3.63) is 0 Å². The molecule has 0 unspecified atom stereocenters. The molecule has 0 aromatic rings. The number of aliphatic hydroxyl groups is 2. The van der Waals surface area contributed by atoms with Gasteiger partial charge in [-0.05, 0) is 0 Å². The zero-order chi connectivity index (χ0) is 7.99. The summed E-state index contributed by atoms with van der Waals surface area (Å²) >= 11 is 0. The first-order valence-corrected chi connectivity index (χ1v) is 2.30. The zero-order valence-electron chi connectivity index (χ0n) is 4.59. The van der Waals surface area contributed by atoms with Crippen molar-refractivity contribution in [2.45, 2.75) is 5.97 Å². The van der Waals surface area contributed by atoms with E-state index >= 15 is 0 Å². The van der Waals surface area contributed by atoms with Crippen LogP contribution in [0, 0.1) is 0 Å². The Labute approximate surface area is 54.5 Å². The van der Waals surface area contributed by atoms with Crippen LogP contribution in [-0.2, 0) is 14.1 Å². The monoisotopic (exact) mass is 151 g/mol. The normalized spacial score (nSPS) is 28.2. The summed E-state index contributed by atoms with van der Waals surface area (Å²) in [6, 6.07) is 0. The highest BCUT2D eigenvalue weighted by Gasteiger charge is 2.51. The maximum absolute atomic E-state index is 10.2. The van der Waals surface area contributed by atoms with Crippen molar-refractivity contribution < 1.29 is 34.4 Å². The highest BCUT2D eigenvalue weighted by molar-refractivity contribution is 6.54. The summed E-state index contributed by atoms with van der Waals surface area (Å²) in [6.45, 7) is -3.85. The minimum atomic E-state index is -3.85. The summed E-state index contributed by atoms with van der Waals surface area (Å²) in [6.07, 6.45) is 0. The second-order valence-electron chi connectivity index (χ2n) is 1.76. The second-order valence-corrected chi connectivity index (χ2v) is 1.76. The number of carbonyl (C=O) groups excluding carboxylic acids is 1. The maximum Gasteiger partial charge on any atom is 0.592 e. The maximum atomic E-state index is 10.2. The van der Waals surface area contributed by atoms with Gasteiger partial charge in [-0.3, -0.25) is 0 Å². The summed E-state index contributed by atoms with van der Waals surface area (Å²) in [4.78, 5) is 10.2. The molecule has 0 amide bonds. The summed E-state index contributed by atoms with van der Waals surface area (Å²) in [5.74, 6) is -4.90. The molecule has 0 aliphatic carbocycles. The average Bonchev–Trinajstić information content (AvgIpc) is 1.73. The average molecular weight is 151 g/mol. The van der Waals surface area contributed by atoms with Gasteiger partial charge in [0.05, 0.1) is 0 Å². The molecule has 58 valence electrons. The van der Waals surface area contributed by atoms with E-state index in [1.54, 1.807) is 0 Å². The third kappa shape index (κ3) is 1.10. The van der Waals surface area contributed by atoms with E-state index in [2.05, 4.69) is 9.31 Å². The molecule has 0 saturated carbocycles. The fourth-order valence-corrected chi connectivity index (χ4v) is 0.502. The lowest BCUT2D eigenvalue weighted by Gasteiger charge is -2.19. The Morgan fingerprint density at radius 3 is 2.00 bits per heavy atom.